The molecule has 0 aromatic carbocycles. The molecule has 2 saturated heterocycles. The van der Waals surface area contributed by atoms with Gasteiger partial charge < -0.3 is 15.0 Å². The third-order valence-electron chi connectivity index (χ3n) is 5.66. The van der Waals surface area contributed by atoms with E-state index >= 15 is 0 Å². The third-order valence-corrected chi connectivity index (χ3v) is 5.66. The highest BCUT2D eigenvalue weighted by atomic mass is 127. The first kappa shape index (κ1) is 24.5. The van der Waals surface area contributed by atoms with Gasteiger partial charge in [0.15, 0.2) is 5.96 Å². The molecule has 27 heavy (non-hydrogen) atoms. The zero-order valence-electron chi connectivity index (χ0n) is 17.4. The molecular formula is C20H39IN4O2. The minimum Gasteiger partial charge on any atom is -0.469 e. The first-order valence-electron chi connectivity index (χ1n) is 10.5. The number of halogens is 1. The number of esters is 1. The van der Waals surface area contributed by atoms with Crippen LogP contribution in [0.1, 0.15) is 58.8 Å². The predicted octanol–water partition coefficient (Wildman–Crippen LogP) is 3.11. The largest absolute Gasteiger partial charge is 0.469 e. The van der Waals surface area contributed by atoms with E-state index in [9.17, 15) is 4.79 Å². The summed E-state index contributed by atoms with van der Waals surface area (Å²) in [7, 11) is 1.48. The Bertz CT molecular complexity index is 453. The molecule has 2 fully saturated rings. The van der Waals surface area contributed by atoms with Crippen LogP contribution in [-0.4, -0.2) is 74.1 Å². The average Bonchev–Trinajstić information content (AvgIpc) is 2.69. The summed E-state index contributed by atoms with van der Waals surface area (Å²) < 4.78 is 4.89. The van der Waals surface area contributed by atoms with Gasteiger partial charge in [-0.3, -0.25) is 14.7 Å². The van der Waals surface area contributed by atoms with Crippen molar-refractivity contribution in [1.82, 2.24) is 15.1 Å². The van der Waals surface area contributed by atoms with Gasteiger partial charge in [-0.25, -0.2) is 0 Å². The molecule has 2 heterocycles. The molecule has 2 aliphatic heterocycles. The number of nitrogens with one attached hydrogen (secondary N) is 1. The summed E-state index contributed by atoms with van der Waals surface area (Å²) >= 11 is 0. The van der Waals surface area contributed by atoms with Crippen LogP contribution < -0.4 is 5.32 Å². The summed E-state index contributed by atoms with van der Waals surface area (Å²) in [5, 5.41) is 3.45. The van der Waals surface area contributed by atoms with Gasteiger partial charge >= 0.3 is 5.97 Å². The standard InChI is InChI=1S/C20H38N4O2.HI/c1-4-6-12-23-13-8-7-9-18(23)16-22-20(21-5-2)24-14-10-17(11-15-24)19(25)26-3;/h17-18H,4-16H2,1-3H3,(H,21,22);1H. The highest BCUT2D eigenvalue weighted by Gasteiger charge is 2.27. The molecule has 0 aromatic rings. The zero-order valence-corrected chi connectivity index (χ0v) is 19.7. The van der Waals surface area contributed by atoms with Gasteiger partial charge in [0.05, 0.1) is 19.6 Å². The maximum Gasteiger partial charge on any atom is 0.308 e. The van der Waals surface area contributed by atoms with Crippen molar-refractivity contribution in [2.75, 3.05) is 46.4 Å². The van der Waals surface area contributed by atoms with Crippen molar-refractivity contribution in [3.63, 3.8) is 0 Å². The van der Waals surface area contributed by atoms with E-state index in [4.69, 9.17) is 9.73 Å². The Morgan fingerprint density at radius 1 is 1.15 bits per heavy atom. The lowest BCUT2D eigenvalue weighted by Crippen LogP contribution is -2.48. The summed E-state index contributed by atoms with van der Waals surface area (Å²) in [5.74, 6) is 0.985. The van der Waals surface area contributed by atoms with E-state index in [1.807, 2.05) is 0 Å². The molecule has 0 saturated carbocycles. The van der Waals surface area contributed by atoms with Crippen LogP contribution in [0.15, 0.2) is 4.99 Å². The Labute approximate surface area is 182 Å². The normalized spacial score (nSPS) is 22.3. The van der Waals surface area contributed by atoms with Crippen LogP contribution in [0.5, 0.6) is 0 Å². The fraction of sp³-hybridized carbons (Fsp3) is 0.900. The summed E-state index contributed by atoms with van der Waals surface area (Å²) in [6.07, 6.45) is 8.14. The Balaban J connectivity index is 0.00000364. The topological polar surface area (TPSA) is 57.2 Å². The first-order valence-corrected chi connectivity index (χ1v) is 10.5. The van der Waals surface area contributed by atoms with Crippen LogP contribution in [0.4, 0.5) is 0 Å². The molecule has 0 aromatic heterocycles. The number of rotatable bonds is 7. The molecule has 0 spiro atoms. The number of methoxy groups -OCH3 is 1. The third kappa shape index (κ3) is 7.75. The van der Waals surface area contributed by atoms with Gasteiger partial charge in [-0.1, -0.05) is 19.8 Å². The zero-order chi connectivity index (χ0) is 18.8. The molecular weight excluding hydrogens is 455 g/mol. The van der Waals surface area contributed by atoms with Crippen molar-refractivity contribution in [3.8, 4) is 0 Å². The van der Waals surface area contributed by atoms with E-state index in [0.717, 1.165) is 45.0 Å². The highest BCUT2D eigenvalue weighted by Crippen LogP contribution is 2.20. The smallest absolute Gasteiger partial charge is 0.308 e. The summed E-state index contributed by atoms with van der Waals surface area (Å²) in [5.41, 5.74) is 0. The van der Waals surface area contributed by atoms with Crippen LogP contribution in [0.2, 0.25) is 0 Å². The molecule has 1 N–H and O–H groups in total. The molecule has 0 bridgehead atoms. The van der Waals surface area contributed by atoms with Crippen LogP contribution in [0.25, 0.3) is 0 Å². The minimum atomic E-state index is -0.0691. The van der Waals surface area contributed by atoms with E-state index in [1.165, 1.54) is 52.3 Å². The van der Waals surface area contributed by atoms with Crippen molar-refractivity contribution >= 4 is 35.9 Å². The van der Waals surface area contributed by atoms with Crippen LogP contribution in [0, 0.1) is 5.92 Å². The number of guanidine groups is 1. The molecule has 1 atom stereocenters. The first-order chi connectivity index (χ1) is 12.7. The van der Waals surface area contributed by atoms with E-state index in [-0.39, 0.29) is 35.9 Å². The number of unbranched alkanes of at least 4 members (excludes halogenated alkanes) is 1. The fourth-order valence-corrected chi connectivity index (χ4v) is 4.03. The predicted molar refractivity (Wildman–Crippen MR) is 122 cm³/mol. The maximum absolute atomic E-state index is 11.7. The second-order valence-electron chi connectivity index (χ2n) is 7.52. The van der Waals surface area contributed by atoms with Gasteiger partial charge in [0, 0.05) is 25.7 Å². The van der Waals surface area contributed by atoms with Gasteiger partial charge in [-0.05, 0) is 52.1 Å². The number of carbonyl (C=O) groups is 1. The number of nitrogens with zero attached hydrogens (tertiary/aromatic N) is 3. The number of aliphatic imine (C=N–C) groups is 1. The van der Waals surface area contributed by atoms with Gasteiger partial charge in [-0.2, -0.15) is 0 Å². The maximum atomic E-state index is 11.7. The van der Waals surface area contributed by atoms with Crippen molar-refractivity contribution in [2.24, 2.45) is 10.9 Å². The molecule has 0 radical (unpaired) electrons. The van der Waals surface area contributed by atoms with Crippen LogP contribution >= 0.6 is 24.0 Å². The van der Waals surface area contributed by atoms with Crippen molar-refractivity contribution in [1.29, 1.82) is 0 Å². The van der Waals surface area contributed by atoms with Gasteiger partial charge in [0.2, 0.25) is 0 Å². The molecule has 7 heteroatoms. The monoisotopic (exact) mass is 494 g/mol. The van der Waals surface area contributed by atoms with Gasteiger partial charge in [0.25, 0.3) is 0 Å². The molecule has 2 rings (SSSR count). The second kappa shape index (κ2) is 13.6. The molecule has 0 amide bonds. The minimum absolute atomic E-state index is 0. The van der Waals surface area contributed by atoms with E-state index in [1.54, 1.807) is 0 Å². The van der Waals surface area contributed by atoms with E-state index in [0.29, 0.717) is 6.04 Å². The Kier molecular flexibility index (Phi) is 12.3. The van der Waals surface area contributed by atoms with Crippen LogP contribution in [0.3, 0.4) is 0 Å². The molecule has 1 unspecified atom stereocenters. The number of hydrogen-bond acceptors (Lipinski definition) is 4. The Hall–Kier alpha value is -0.570. The lowest BCUT2D eigenvalue weighted by molar-refractivity contribution is -0.146. The molecule has 0 aliphatic carbocycles. The van der Waals surface area contributed by atoms with Gasteiger partial charge in [-0.15, -0.1) is 24.0 Å². The van der Waals surface area contributed by atoms with Crippen molar-refractivity contribution < 1.29 is 9.53 Å². The van der Waals surface area contributed by atoms with Crippen molar-refractivity contribution in [3.05, 3.63) is 0 Å². The SMILES string of the molecule is CCCCN1CCCCC1CN=C(NCC)N1CCC(C(=O)OC)CC1.I. The second-order valence-corrected chi connectivity index (χ2v) is 7.52. The number of ether oxygens (including phenoxy) is 1. The Morgan fingerprint density at radius 2 is 1.89 bits per heavy atom. The summed E-state index contributed by atoms with van der Waals surface area (Å²) in [6, 6.07) is 0.580. The summed E-state index contributed by atoms with van der Waals surface area (Å²) in [6.45, 7) is 10.3. The number of likely N-dealkylation sites (tertiary alicyclic amines) is 2. The Morgan fingerprint density at radius 3 is 2.52 bits per heavy atom. The number of carbonyl (C=O) groups excluding carboxylic acids is 1. The molecule has 158 valence electrons. The lowest BCUT2D eigenvalue weighted by Gasteiger charge is -2.36. The van der Waals surface area contributed by atoms with Crippen molar-refractivity contribution in [2.45, 2.75) is 64.8 Å². The average molecular weight is 494 g/mol. The van der Waals surface area contributed by atoms with E-state index in [2.05, 4.69) is 29.0 Å². The summed E-state index contributed by atoms with van der Waals surface area (Å²) in [4.78, 5) is 21.7. The van der Waals surface area contributed by atoms with Gasteiger partial charge in [0.1, 0.15) is 0 Å². The van der Waals surface area contributed by atoms with Crippen LogP contribution in [-0.2, 0) is 9.53 Å². The molecule has 6 nitrogen and oxygen atoms in total. The highest BCUT2D eigenvalue weighted by molar-refractivity contribution is 14.0. The fourth-order valence-electron chi connectivity index (χ4n) is 4.03. The molecule has 2 aliphatic rings. The number of piperidine rings is 2. The lowest BCUT2D eigenvalue weighted by atomic mass is 9.97. The van der Waals surface area contributed by atoms with E-state index < -0.39 is 0 Å². The number of hydrogen-bond donors (Lipinski definition) is 1. The quantitative estimate of drug-likeness (QED) is 0.255.